The summed E-state index contributed by atoms with van der Waals surface area (Å²) in [5, 5.41) is 4.68. The van der Waals surface area contributed by atoms with Gasteiger partial charge in [-0.15, -0.1) is 11.3 Å². The number of Topliss-reactive ketones (excluding diaryl/α,β-unsaturated/α-hetero) is 1. The maximum absolute atomic E-state index is 11.5. The van der Waals surface area contributed by atoms with Crippen LogP contribution in [0.1, 0.15) is 29.4 Å². The summed E-state index contributed by atoms with van der Waals surface area (Å²) in [7, 11) is 0. The van der Waals surface area contributed by atoms with Gasteiger partial charge in [-0.25, -0.2) is 4.98 Å². The van der Waals surface area contributed by atoms with Crippen molar-refractivity contribution in [3.8, 4) is 0 Å². The van der Waals surface area contributed by atoms with Gasteiger partial charge in [0.15, 0.2) is 5.78 Å². The highest BCUT2D eigenvalue weighted by Crippen LogP contribution is 2.38. The summed E-state index contributed by atoms with van der Waals surface area (Å²) in [6.45, 7) is 4.70. The molecule has 1 spiro atoms. The Hall–Kier alpha value is -1.46. The summed E-state index contributed by atoms with van der Waals surface area (Å²) in [5.74, 6) is 1.16. The SMILES string of the molecule is CC(=O)c1cc2ccc(N3CCNC4(CC4)C3)nc2s1. The molecular weight excluding hydrogens is 270 g/mol. The minimum Gasteiger partial charge on any atom is -0.353 e. The predicted molar refractivity (Wildman–Crippen MR) is 81.8 cm³/mol. The zero-order valence-electron chi connectivity index (χ0n) is 11.5. The first-order valence-electron chi connectivity index (χ1n) is 7.07. The van der Waals surface area contributed by atoms with Crippen LogP contribution in [-0.4, -0.2) is 35.9 Å². The first-order valence-corrected chi connectivity index (χ1v) is 7.88. The molecule has 3 heterocycles. The van der Waals surface area contributed by atoms with Gasteiger partial charge < -0.3 is 10.2 Å². The molecule has 2 aromatic rings. The second-order valence-corrected chi connectivity index (χ2v) is 6.89. The second-order valence-electron chi connectivity index (χ2n) is 5.86. The lowest BCUT2D eigenvalue weighted by atomic mass is 10.2. The van der Waals surface area contributed by atoms with E-state index in [-0.39, 0.29) is 5.78 Å². The summed E-state index contributed by atoms with van der Waals surface area (Å²) in [6.07, 6.45) is 2.55. The van der Waals surface area contributed by atoms with Crippen LogP contribution in [0.4, 0.5) is 5.82 Å². The molecule has 1 aliphatic carbocycles. The van der Waals surface area contributed by atoms with Gasteiger partial charge in [-0.2, -0.15) is 0 Å². The molecule has 4 rings (SSSR count). The lowest BCUT2D eigenvalue weighted by Crippen LogP contribution is -2.52. The van der Waals surface area contributed by atoms with Gasteiger partial charge in [-0.1, -0.05) is 0 Å². The molecule has 20 heavy (non-hydrogen) atoms. The first-order chi connectivity index (χ1) is 9.65. The third kappa shape index (κ3) is 2.01. The first kappa shape index (κ1) is 12.3. The fraction of sp³-hybridized carbons (Fsp3) is 0.467. The molecule has 2 fully saturated rings. The van der Waals surface area contributed by atoms with Gasteiger partial charge in [0, 0.05) is 30.6 Å². The van der Waals surface area contributed by atoms with Crippen molar-refractivity contribution in [2.45, 2.75) is 25.3 Å². The molecule has 0 unspecified atom stereocenters. The number of ketones is 1. The number of hydrogen-bond donors (Lipinski definition) is 1. The van der Waals surface area contributed by atoms with Gasteiger partial charge in [-0.05, 0) is 38.0 Å². The fourth-order valence-corrected chi connectivity index (χ4v) is 3.82. The highest BCUT2D eigenvalue weighted by Gasteiger charge is 2.45. The van der Waals surface area contributed by atoms with Crippen molar-refractivity contribution in [1.82, 2.24) is 10.3 Å². The van der Waals surface area contributed by atoms with E-state index in [0.29, 0.717) is 5.54 Å². The lowest BCUT2D eigenvalue weighted by Gasteiger charge is -2.34. The van der Waals surface area contributed by atoms with E-state index in [1.165, 1.54) is 24.2 Å². The maximum atomic E-state index is 11.5. The summed E-state index contributed by atoms with van der Waals surface area (Å²) >= 11 is 1.50. The maximum Gasteiger partial charge on any atom is 0.169 e. The Kier molecular flexibility index (Phi) is 2.62. The number of piperazine rings is 1. The Morgan fingerprint density at radius 1 is 1.45 bits per heavy atom. The van der Waals surface area contributed by atoms with Crippen molar-refractivity contribution >= 4 is 33.2 Å². The number of carbonyl (C=O) groups is 1. The van der Waals surface area contributed by atoms with E-state index in [0.717, 1.165) is 40.5 Å². The quantitative estimate of drug-likeness (QED) is 0.862. The molecule has 1 saturated heterocycles. The average molecular weight is 287 g/mol. The van der Waals surface area contributed by atoms with Crippen LogP contribution >= 0.6 is 11.3 Å². The zero-order chi connectivity index (χ0) is 13.7. The highest BCUT2D eigenvalue weighted by molar-refractivity contribution is 7.20. The molecule has 0 amide bonds. The lowest BCUT2D eigenvalue weighted by molar-refractivity contribution is 0.102. The number of pyridine rings is 1. The van der Waals surface area contributed by atoms with Crippen molar-refractivity contribution in [2.24, 2.45) is 0 Å². The van der Waals surface area contributed by atoms with Crippen LogP contribution in [0, 0.1) is 0 Å². The van der Waals surface area contributed by atoms with Crippen molar-refractivity contribution in [2.75, 3.05) is 24.5 Å². The molecule has 2 aromatic heterocycles. The van der Waals surface area contributed by atoms with Gasteiger partial charge >= 0.3 is 0 Å². The van der Waals surface area contributed by atoms with Crippen LogP contribution in [-0.2, 0) is 0 Å². The average Bonchev–Trinajstić information content (AvgIpc) is 3.04. The molecule has 4 nitrogen and oxygen atoms in total. The molecule has 0 atom stereocenters. The van der Waals surface area contributed by atoms with E-state index >= 15 is 0 Å². The van der Waals surface area contributed by atoms with Crippen LogP contribution < -0.4 is 10.2 Å². The Bertz CT molecular complexity index is 689. The van der Waals surface area contributed by atoms with Crippen molar-refractivity contribution in [3.63, 3.8) is 0 Å². The van der Waals surface area contributed by atoms with Gasteiger partial charge in [0.25, 0.3) is 0 Å². The number of rotatable bonds is 2. The third-order valence-electron chi connectivity index (χ3n) is 4.27. The Morgan fingerprint density at radius 3 is 3.05 bits per heavy atom. The highest BCUT2D eigenvalue weighted by atomic mass is 32.1. The zero-order valence-corrected chi connectivity index (χ0v) is 12.3. The topological polar surface area (TPSA) is 45.2 Å². The summed E-state index contributed by atoms with van der Waals surface area (Å²) < 4.78 is 0. The van der Waals surface area contributed by atoms with E-state index in [1.54, 1.807) is 6.92 Å². The Labute approximate surface area is 121 Å². The minimum atomic E-state index is 0.119. The number of carbonyl (C=O) groups excluding carboxylic acids is 1. The van der Waals surface area contributed by atoms with E-state index in [1.807, 2.05) is 6.07 Å². The molecule has 104 valence electrons. The molecular formula is C15H17N3OS. The number of anilines is 1. The van der Waals surface area contributed by atoms with Gasteiger partial charge in [0.2, 0.25) is 0 Å². The van der Waals surface area contributed by atoms with E-state index in [2.05, 4.69) is 22.3 Å². The largest absolute Gasteiger partial charge is 0.353 e. The molecule has 1 N–H and O–H groups in total. The fourth-order valence-electron chi connectivity index (χ4n) is 2.90. The van der Waals surface area contributed by atoms with Crippen molar-refractivity contribution in [1.29, 1.82) is 0 Å². The van der Waals surface area contributed by atoms with Gasteiger partial charge in [-0.3, -0.25) is 4.79 Å². The number of nitrogens with zero attached hydrogens (tertiary/aromatic N) is 2. The van der Waals surface area contributed by atoms with Crippen LogP contribution in [0.2, 0.25) is 0 Å². The van der Waals surface area contributed by atoms with Gasteiger partial charge in [0.1, 0.15) is 10.6 Å². The van der Waals surface area contributed by atoms with E-state index in [9.17, 15) is 4.79 Å². The standard InChI is InChI=1S/C15H17N3OS/c1-10(19)12-8-11-2-3-13(17-14(11)20-12)18-7-6-16-15(9-18)4-5-15/h2-3,8,16H,4-7,9H2,1H3. The van der Waals surface area contributed by atoms with Crippen LogP contribution in [0.5, 0.6) is 0 Å². The van der Waals surface area contributed by atoms with E-state index < -0.39 is 0 Å². The van der Waals surface area contributed by atoms with Crippen LogP contribution in [0.15, 0.2) is 18.2 Å². The minimum absolute atomic E-state index is 0.119. The second kappa shape index (κ2) is 4.27. The van der Waals surface area contributed by atoms with Gasteiger partial charge in [0.05, 0.1) is 4.88 Å². The molecule has 1 saturated carbocycles. The monoisotopic (exact) mass is 287 g/mol. The summed E-state index contributed by atoms with van der Waals surface area (Å²) in [4.78, 5) is 20.4. The number of hydrogen-bond acceptors (Lipinski definition) is 5. The number of thiophene rings is 1. The van der Waals surface area contributed by atoms with Crippen molar-refractivity contribution < 1.29 is 4.79 Å². The number of nitrogens with one attached hydrogen (secondary N) is 1. The molecule has 5 heteroatoms. The summed E-state index contributed by atoms with van der Waals surface area (Å²) in [5.41, 5.74) is 0.356. The smallest absolute Gasteiger partial charge is 0.169 e. The normalized spacial score (nSPS) is 20.6. The molecule has 0 aromatic carbocycles. The number of fused-ring (bicyclic) bond motifs is 1. The molecule has 0 bridgehead atoms. The third-order valence-corrected chi connectivity index (χ3v) is 5.41. The molecule has 1 aliphatic heterocycles. The number of aromatic nitrogens is 1. The molecule has 2 aliphatic rings. The van der Waals surface area contributed by atoms with Crippen LogP contribution in [0.25, 0.3) is 10.2 Å². The Morgan fingerprint density at radius 2 is 2.30 bits per heavy atom. The Balaban J connectivity index is 1.67. The van der Waals surface area contributed by atoms with E-state index in [4.69, 9.17) is 4.98 Å². The predicted octanol–water partition coefficient (Wildman–Crippen LogP) is 2.44. The van der Waals surface area contributed by atoms with Crippen LogP contribution in [0.3, 0.4) is 0 Å². The summed E-state index contributed by atoms with van der Waals surface area (Å²) in [6, 6.07) is 6.11. The molecule has 0 radical (unpaired) electrons. The van der Waals surface area contributed by atoms with Crippen molar-refractivity contribution in [3.05, 3.63) is 23.1 Å².